The van der Waals surface area contributed by atoms with Crippen molar-refractivity contribution >= 4 is 29.0 Å². The van der Waals surface area contributed by atoms with E-state index in [0.29, 0.717) is 22.4 Å². The summed E-state index contributed by atoms with van der Waals surface area (Å²) < 4.78 is 5.57. The third-order valence-electron chi connectivity index (χ3n) is 2.84. The third kappa shape index (κ3) is 4.07. The second-order valence-electron chi connectivity index (χ2n) is 4.80. The van der Waals surface area contributed by atoms with Crippen LogP contribution >= 0.6 is 23.2 Å². The molecule has 5 heteroatoms. The number of amidine groups is 1. The van der Waals surface area contributed by atoms with Crippen molar-refractivity contribution in [3.05, 3.63) is 28.2 Å². The van der Waals surface area contributed by atoms with Gasteiger partial charge in [-0.15, -0.1) is 0 Å². The minimum absolute atomic E-state index is 0.193. The molecule has 0 saturated carbocycles. The van der Waals surface area contributed by atoms with Crippen molar-refractivity contribution in [3.8, 4) is 5.75 Å². The Kier molecular flexibility index (Phi) is 5.29. The van der Waals surface area contributed by atoms with Gasteiger partial charge in [-0.3, -0.25) is 5.41 Å². The quantitative estimate of drug-likeness (QED) is 0.470. The van der Waals surface area contributed by atoms with E-state index >= 15 is 0 Å². The molecule has 0 spiro atoms. The van der Waals surface area contributed by atoms with Gasteiger partial charge in [0.25, 0.3) is 0 Å². The highest BCUT2D eigenvalue weighted by Crippen LogP contribution is 2.32. The highest BCUT2D eigenvalue weighted by Gasteiger charge is 2.20. The molecule has 0 heterocycles. The van der Waals surface area contributed by atoms with Gasteiger partial charge in [0, 0.05) is 5.41 Å². The van der Waals surface area contributed by atoms with E-state index in [-0.39, 0.29) is 11.3 Å². The SMILES string of the molecule is CC(C)(CCCOc1c(Cl)cccc1Cl)C(=N)N. The van der Waals surface area contributed by atoms with E-state index in [9.17, 15) is 0 Å². The maximum absolute atomic E-state index is 7.46. The maximum Gasteiger partial charge on any atom is 0.156 e. The van der Waals surface area contributed by atoms with Gasteiger partial charge < -0.3 is 10.5 Å². The fraction of sp³-hybridized carbons (Fsp3) is 0.462. The number of hydrogen-bond donors (Lipinski definition) is 2. The van der Waals surface area contributed by atoms with Gasteiger partial charge in [0.15, 0.2) is 5.75 Å². The summed E-state index contributed by atoms with van der Waals surface area (Å²) in [6.45, 7) is 4.38. The topological polar surface area (TPSA) is 59.1 Å². The lowest BCUT2D eigenvalue weighted by Crippen LogP contribution is -2.31. The zero-order valence-corrected chi connectivity index (χ0v) is 12.1. The first-order chi connectivity index (χ1) is 8.34. The number of ether oxygens (including phenoxy) is 1. The molecular formula is C13H18Cl2N2O. The molecule has 1 rings (SSSR count). The Labute approximate surface area is 118 Å². The molecule has 0 aliphatic carbocycles. The highest BCUT2D eigenvalue weighted by molar-refractivity contribution is 6.37. The number of nitrogens with two attached hydrogens (primary N) is 1. The monoisotopic (exact) mass is 288 g/mol. The van der Waals surface area contributed by atoms with Crippen molar-refractivity contribution in [2.75, 3.05) is 6.61 Å². The molecule has 0 bridgehead atoms. The van der Waals surface area contributed by atoms with Crippen LogP contribution in [0.25, 0.3) is 0 Å². The summed E-state index contributed by atoms with van der Waals surface area (Å²) in [6, 6.07) is 5.25. The van der Waals surface area contributed by atoms with Crippen LogP contribution in [0.1, 0.15) is 26.7 Å². The Morgan fingerprint density at radius 2 is 1.89 bits per heavy atom. The molecule has 0 fully saturated rings. The molecule has 0 radical (unpaired) electrons. The molecule has 0 aliphatic rings. The highest BCUT2D eigenvalue weighted by atomic mass is 35.5. The molecule has 0 amide bonds. The fourth-order valence-electron chi connectivity index (χ4n) is 1.44. The van der Waals surface area contributed by atoms with Gasteiger partial charge in [-0.2, -0.15) is 0 Å². The molecule has 0 aromatic heterocycles. The second kappa shape index (κ2) is 6.30. The van der Waals surface area contributed by atoms with Crippen molar-refractivity contribution in [2.45, 2.75) is 26.7 Å². The van der Waals surface area contributed by atoms with Crippen LogP contribution in [0.15, 0.2) is 18.2 Å². The first-order valence-electron chi connectivity index (χ1n) is 5.76. The van der Waals surface area contributed by atoms with Crippen LogP contribution in [0, 0.1) is 10.8 Å². The van der Waals surface area contributed by atoms with Gasteiger partial charge in [0.05, 0.1) is 22.5 Å². The van der Waals surface area contributed by atoms with Crippen LogP contribution in [0.4, 0.5) is 0 Å². The van der Waals surface area contributed by atoms with Crippen LogP contribution in [0.5, 0.6) is 5.75 Å². The zero-order chi connectivity index (χ0) is 13.8. The first-order valence-corrected chi connectivity index (χ1v) is 6.51. The smallest absolute Gasteiger partial charge is 0.156 e. The number of hydrogen-bond acceptors (Lipinski definition) is 2. The van der Waals surface area contributed by atoms with Gasteiger partial charge in [0.2, 0.25) is 0 Å². The zero-order valence-electron chi connectivity index (χ0n) is 10.6. The van der Waals surface area contributed by atoms with Crippen LogP contribution in [-0.4, -0.2) is 12.4 Å². The van der Waals surface area contributed by atoms with Crippen LogP contribution in [0.3, 0.4) is 0 Å². The number of rotatable bonds is 6. The molecule has 100 valence electrons. The van der Waals surface area contributed by atoms with Gasteiger partial charge in [0.1, 0.15) is 0 Å². The van der Waals surface area contributed by atoms with Crippen molar-refractivity contribution in [2.24, 2.45) is 11.1 Å². The largest absolute Gasteiger partial charge is 0.490 e. The molecule has 0 aliphatic heterocycles. The predicted molar refractivity (Wildman–Crippen MR) is 76.9 cm³/mol. The van der Waals surface area contributed by atoms with Crippen molar-refractivity contribution in [1.29, 1.82) is 5.41 Å². The predicted octanol–water partition coefficient (Wildman–Crippen LogP) is 4.11. The Morgan fingerprint density at radius 3 is 2.39 bits per heavy atom. The summed E-state index contributed by atoms with van der Waals surface area (Å²) in [6.07, 6.45) is 1.57. The lowest BCUT2D eigenvalue weighted by atomic mass is 9.87. The molecule has 0 atom stereocenters. The Bertz CT molecular complexity index is 413. The second-order valence-corrected chi connectivity index (χ2v) is 5.61. The molecule has 1 aromatic rings. The molecular weight excluding hydrogens is 271 g/mol. The van der Waals surface area contributed by atoms with E-state index in [0.717, 1.165) is 12.8 Å². The normalized spacial score (nSPS) is 11.3. The molecule has 3 N–H and O–H groups in total. The molecule has 3 nitrogen and oxygen atoms in total. The minimum Gasteiger partial charge on any atom is -0.490 e. The van der Waals surface area contributed by atoms with Gasteiger partial charge in [-0.05, 0) is 25.0 Å². The molecule has 18 heavy (non-hydrogen) atoms. The van der Waals surface area contributed by atoms with E-state index in [4.69, 9.17) is 39.1 Å². The third-order valence-corrected chi connectivity index (χ3v) is 3.44. The van der Waals surface area contributed by atoms with Gasteiger partial charge in [-0.1, -0.05) is 43.1 Å². The summed E-state index contributed by atoms with van der Waals surface area (Å²) >= 11 is 12.0. The Balaban J connectivity index is 2.46. The summed E-state index contributed by atoms with van der Waals surface area (Å²) in [7, 11) is 0. The van der Waals surface area contributed by atoms with E-state index < -0.39 is 0 Å². The van der Waals surface area contributed by atoms with Crippen molar-refractivity contribution < 1.29 is 4.74 Å². The summed E-state index contributed by atoms with van der Waals surface area (Å²) in [5.74, 6) is 0.708. The van der Waals surface area contributed by atoms with E-state index in [1.807, 2.05) is 13.8 Å². The molecule has 0 saturated heterocycles. The molecule has 1 aromatic carbocycles. The van der Waals surface area contributed by atoms with Crippen molar-refractivity contribution in [3.63, 3.8) is 0 Å². The summed E-state index contributed by atoms with van der Waals surface area (Å²) in [4.78, 5) is 0. The average molecular weight is 289 g/mol. The lowest BCUT2D eigenvalue weighted by Gasteiger charge is -2.22. The van der Waals surface area contributed by atoms with Gasteiger partial charge >= 0.3 is 0 Å². The summed E-state index contributed by atoms with van der Waals surface area (Å²) in [5, 5.41) is 8.48. The van der Waals surface area contributed by atoms with Gasteiger partial charge in [-0.25, -0.2) is 0 Å². The molecule has 0 unspecified atom stereocenters. The van der Waals surface area contributed by atoms with E-state index in [1.54, 1.807) is 18.2 Å². The number of benzene rings is 1. The number of nitrogens with one attached hydrogen (secondary N) is 1. The standard InChI is InChI=1S/C13H18Cl2N2O/c1-13(2,12(16)17)7-4-8-18-11-9(14)5-3-6-10(11)15/h3,5-6H,4,7-8H2,1-2H3,(H3,16,17). The number of halogens is 2. The van der Waals surface area contributed by atoms with E-state index in [2.05, 4.69) is 0 Å². The van der Waals surface area contributed by atoms with E-state index in [1.165, 1.54) is 0 Å². The van der Waals surface area contributed by atoms with Crippen molar-refractivity contribution in [1.82, 2.24) is 0 Å². The lowest BCUT2D eigenvalue weighted by molar-refractivity contribution is 0.287. The average Bonchev–Trinajstić information content (AvgIpc) is 2.27. The van der Waals surface area contributed by atoms with Crippen LogP contribution < -0.4 is 10.5 Å². The number of para-hydroxylation sites is 1. The first kappa shape index (κ1) is 15.1. The maximum atomic E-state index is 7.46. The summed E-state index contributed by atoms with van der Waals surface area (Å²) in [5.41, 5.74) is 5.21. The Hall–Kier alpha value is -0.930. The van der Waals surface area contributed by atoms with Crippen LogP contribution in [-0.2, 0) is 0 Å². The van der Waals surface area contributed by atoms with Crippen LogP contribution in [0.2, 0.25) is 10.0 Å². The minimum atomic E-state index is -0.298. The Morgan fingerprint density at radius 1 is 1.33 bits per heavy atom. The fourth-order valence-corrected chi connectivity index (χ4v) is 1.95.